The third-order valence-corrected chi connectivity index (χ3v) is 14.4. The molecule has 332 valence electrons. The van der Waals surface area contributed by atoms with Crippen molar-refractivity contribution in [1.82, 2.24) is 5.32 Å². The molecule has 4 aliphatic rings. The highest BCUT2D eigenvalue weighted by molar-refractivity contribution is 5.97. The number of carbonyl (C=O) groups excluding carboxylic acids is 3. The highest BCUT2D eigenvalue weighted by Gasteiger charge is 2.60. The molecule has 1 aromatic carbocycles. The first-order valence-corrected chi connectivity index (χ1v) is 21.6. The summed E-state index contributed by atoms with van der Waals surface area (Å²) in [6.45, 7) is 10.0. The smallest absolute Gasteiger partial charge is 0.329 e. The summed E-state index contributed by atoms with van der Waals surface area (Å²) in [5.41, 5.74) is 8.46. The Labute approximate surface area is 351 Å². The average Bonchev–Trinajstić information content (AvgIpc) is 3.58. The molecule has 17 nitrogen and oxygen atoms in total. The number of esters is 2. The van der Waals surface area contributed by atoms with Gasteiger partial charge in [0.2, 0.25) is 0 Å². The summed E-state index contributed by atoms with van der Waals surface area (Å²) < 4.78 is 27.6. The number of ether oxygens (including phenoxy) is 5. The minimum absolute atomic E-state index is 0.0686. The fourth-order valence-electron chi connectivity index (χ4n) is 11.4. The van der Waals surface area contributed by atoms with Gasteiger partial charge in [-0.15, -0.1) is 0 Å². The number of carboxylic acid groups (broad SMARTS) is 1. The van der Waals surface area contributed by atoms with E-state index in [2.05, 4.69) is 36.1 Å². The second-order valence-electron chi connectivity index (χ2n) is 17.7. The molecule has 1 amide bonds. The zero-order valence-electron chi connectivity index (χ0n) is 35.3. The van der Waals surface area contributed by atoms with Crippen LogP contribution in [0.4, 0.5) is 5.69 Å². The Morgan fingerprint density at radius 3 is 2.23 bits per heavy atom. The molecule has 60 heavy (non-hydrogen) atoms. The number of benzene rings is 1. The van der Waals surface area contributed by atoms with Crippen LogP contribution < -0.4 is 5.32 Å². The summed E-state index contributed by atoms with van der Waals surface area (Å²) in [6, 6.07) is 3.47. The van der Waals surface area contributed by atoms with Crippen LogP contribution in [0.25, 0.3) is 10.4 Å². The molecule has 2 N–H and O–H groups in total. The number of non-ortho nitro benzene ring substituents is 1. The fraction of sp³-hybridized carbons (Fsp3) is 0.767. The maximum atomic E-state index is 13.4. The van der Waals surface area contributed by atoms with Crippen molar-refractivity contribution in [2.45, 2.75) is 110 Å². The van der Waals surface area contributed by atoms with Crippen LogP contribution in [0.15, 0.2) is 29.4 Å². The number of rotatable bonds is 23. The highest BCUT2D eigenvalue weighted by atomic mass is 16.6. The van der Waals surface area contributed by atoms with Crippen molar-refractivity contribution in [3.8, 4) is 0 Å². The Balaban J connectivity index is 1.03. The van der Waals surface area contributed by atoms with E-state index in [1.165, 1.54) is 37.1 Å². The van der Waals surface area contributed by atoms with E-state index in [1.54, 1.807) is 0 Å². The Morgan fingerprint density at radius 1 is 0.917 bits per heavy atom. The number of carbonyl (C=O) groups is 4. The number of nitrogens with zero attached hydrogens (tertiary/aromatic N) is 4. The molecular formula is C43H63N5O12. The number of fused-ring (bicyclic) bond motifs is 5. The van der Waals surface area contributed by atoms with Gasteiger partial charge in [-0.25, -0.2) is 4.79 Å². The summed E-state index contributed by atoms with van der Waals surface area (Å²) in [6.07, 6.45) is 9.36. The first-order chi connectivity index (χ1) is 28.8. The molecule has 0 spiro atoms. The van der Waals surface area contributed by atoms with Gasteiger partial charge in [-0.05, 0) is 128 Å². The number of amides is 1. The van der Waals surface area contributed by atoms with Crippen molar-refractivity contribution in [2.75, 3.05) is 52.8 Å². The summed E-state index contributed by atoms with van der Waals surface area (Å²) in [7, 11) is 0. The second kappa shape index (κ2) is 22.0. The van der Waals surface area contributed by atoms with Crippen LogP contribution in [0.5, 0.6) is 0 Å². The zero-order valence-corrected chi connectivity index (χ0v) is 35.3. The van der Waals surface area contributed by atoms with E-state index in [0.717, 1.165) is 38.5 Å². The molecule has 4 aliphatic carbocycles. The van der Waals surface area contributed by atoms with Crippen molar-refractivity contribution in [2.24, 2.45) is 51.5 Å². The standard InChI is InChI=1S/C43H63N5O12/c1-28(4-13-39(51)59-25-24-58-23-22-57-21-20-56-19-18-45-47-44)34-11-12-35-33-10-7-30-26-32(14-16-42(30,2)36(33)15-17-43(34,35)3)60-41(53)37(27-38(49)50)46-40(52)29-5-8-31(9-6-29)48(54)55/h5-6,8-9,28,30,32-37H,4,7,10-27H2,1-3H3,(H,46,52)(H,49,50)/t28?,30-,32-,33+,34?,35+,36+,37?,42+,43-/m1/s1. The third kappa shape index (κ3) is 11.9. The zero-order chi connectivity index (χ0) is 43.3. The minimum Gasteiger partial charge on any atom is -0.481 e. The number of nitro groups is 1. The van der Waals surface area contributed by atoms with Crippen LogP contribution in [0.3, 0.4) is 0 Å². The van der Waals surface area contributed by atoms with Crippen molar-refractivity contribution >= 4 is 29.5 Å². The van der Waals surface area contributed by atoms with E-state index in [-0.39, 0.29) is 40.8 Å². The molecule has 1 aromatic rings. The number of carboxylic acids is 1. The van der Waals surface area contributed by atoms with Gasteiger partial charge >= 0.3 is 17.9 Å². The van der Waals surface area contributed by atoms with Gasteiger partial charge in [-0.3, -0.25) is 24.5 Å². The number of hydrogen-bond acceptors (Lipinski definition) is 12. The van der Waals surface area contributed by atoms with Crippen molar-refractivity contribution < 1.29 is 52.9 Å². The number of nitro benzene ring substituents is 1. The van der Waals surface area contributed by atoms with Crippen molar-refractivity contribution in [1.29, 1.82) is 0 Å². The van der Waals surface area contributed by atoms with E-state index in [1.807, 2.05) is 0 Å². The van der Waals surface area contributed by atoms with E-state index in [0.29, 0.717) is 101 Å². The van der Waals surface area contributed by atoms with Crippen LogP contribution in [0, 0.1) is 56.5 Å². The van der Waals surface area contributed by atoms with Crippen LogP contribution in [0.2, 0.25) is 0 Å². The average molecular weight is 842 g/mol. The normalized spacial score (nSPS) is 29.1. The lowest BCUT2D eigenvalue weighted by Crippen LogP contribution is -2.54. The first kappa shape index (κ1) is 46.8. The van der Waals surface area contributed by atoms with Gasteiger partial charge in [-0.1, -0.05) is 25.9 Å². The largest absolute Gasteiger partial charge is 0.481 e. The maximum absolute atomic E-state index is 13.4. The van der Waals surface area contributed by atoms with Crippen LogP contribution >= 0.6 is 0 Å². The summed E-state index contributed by atoms with van der Waals surface area (Å²) in [4.78, 5) is 63.6. The van der Waals surface area contributed by atoms with Gasteiger partial charge in [0.25, 0.3) is 11.6 Å². The second-order valence-corrected chi connectivity index (χ2v) is 17.7. The molecule has 0 heterocycles. The van der Waals surface area contributed by atoms with Crippen molar-refractivity contribution in [3.05, 3.63) is 50.4 Å². The van der Waals surface area contributed by atoms with Gasteiger partial charge in [-0.2, -0.15) is 0 Å². The quantitative estimate of drug-likeness (QED) is 0.0214. The van der Waals surface area contributed by atoms with E-state index < -0.39 is 35.2 Å². The molecule has 0 saturated heterocycles. The molecule has 10 atom stereocenters. The topological polar surface area (TPSA) is 239 Å². The summed E-state index contributed by atoms with van der Waals surface area (Å²) in [5.74, 6) is 0.232. The molecule has 0 aromatic heterocycles. The molecular weight excluding hydrogens is 778 g/mol. The lowest BCUT2D eigenvalue weighted by atomic mass is 9.44. The van der Waals surface area contributed by atoms with E-state index in [9.17, 15) is 34.4 Å². The highest BCUT2D eigenvalue weighted by Crippen LogP contribution is 2.68. The third-order valence-electron chi connectivity index (χ3n) is 14.4. The minimum atomic E-state index is -1.40. The van der Waals surface area contributed by atoms with Gasteiger partial charge < -0.3 is 34.1 Å². The molecule has 5 rings (SSSR count). The fourth-order valence-corrected chi connectivity index (χ4v) is 11.4. The first-order valence-electron chi connectivity index (χ1n) is 21.6. The molecule has 0 bridgehead atoms. The Kier molecular flexibility index (Phi) is 17.1. The van der Waals surface area contributed by atoms with E-state index >= 15 is 0 Å². The molecule has 3 unspecified atom stereocenters. The van der Waals surface area contributed by atoms with Gasteiger partial charge in [0.05, 0.1) is 51.0 Å². The molecule has 4 saturated carbocycles. The van der Waals surface area contributed by atoms with Crippen LogP contribution in [-0.4, -0.2) is 98.8 Å². The van der Waals surface area contributed by atoms with Gasteiger partial charge in [0, 0.05) is 35.6 Å². The van der Waals surface area contributed by atoms with Gasteiger partial charge in [0.1, 0.15) is 18.8 Å². The molecule has 0 radical (unpaired) electrons. The lowest BCUT2D eigenvalue weighted by molar-refractivity contribution is -0.384. The summed E-state index contributed by atoms with van der Waals surface area (Å²) in [5, 5.41) is 26.4. The predicted octanol–water partition coefficient (Wildman–Crippen LogP) is 7.06. The summed E-state index contributed by atoms with van der Waals surface area (Å²) >= 11 is 0. The Hall–Kier alpha value is -4.31. The maximum Gasteiger partial charge on any atom is 0.329 e. The predicted molar refractivity (Wildman–Crippen MR) is 218 cm³/mol. The van der Waals surface area contributed by atoms with Gasteiger partial charge in [0.15, 0.2) is 0 Å². The van der Waals surface area contributed by atoms with Crippen molar-refractivity contribution in [3.63, 3.8) is 0 Å². The number of azide groups is 1. The molecule has 17 heteroatoms. The van der Waals surface area contributed by atoms with Crippen LogP contribution in [-0.2, 0) is 38.1 Å². The number of nitrogens with one attached hydrogen (secondary N) is 1. The molecule has 0 aliphatic heterocycles. The molecule has 4 fully saturated rings. The monoisotopic (exact) mass is 841 g/mol. The Bertz CT molecular complexity index is 1690. The lowest BCUT2D eigenvalue weighted by Gasteiger charge is -2.61. The van der Waals surface area contributed by atoms with E-state index in [4.69, 9.17) is 29.2 Å². The van der Waals surface area contributed by atoms with Crippen LogP contribution in [0.1, 0.15) is 108 Å². The number of hydrogen-bond donors (Lipinski definition) is 2. The Morgan fingerprint density at radius 2 is 1.57 bits per heavy atom. The number of aliphatic carboxylic acids is 1. The SMILES string of the molecule is CC(CCC(=O)OCCOCCOCCOCCN=[N+]=[N-])C1CC[C@H]2[C@@H]3CC[C@@H]4C[C@H](OC(=O)C(CC(=O)O)NC(=O)c5ccc([N+](=O)[O-])cc5)CC[C@]4(C)[C@H]3CC[C@]12C.